The second kappa shape index (κ2) is 19.5. The first-order valence-corrected chi connectivity index (χ1v) is 25.6. The van der Waals surface area contributed by atoms with E-state index in [-0.39, 0.29) is 0 Å². The predicted octanol–water partition coefficient (Wildman–Crippen LogP) is 6.42. The maximum atomic E-state index is 10.2. The molecule has 9 aromatic heterocycles. The van der Waals surface area contributed by atoms with Crippen LogP contribution in [0.25, 0.3) is 73.5 Å². The minimum absolute atomic E-state index is 0.345. The van der Waals surface area contributed by atoms with Gasteiger partial charge in [0.05, 0.1) is 80.3 Å². The first-order chi connectivity index (χ1) is 36.7. The SMILES string of the molecule is COc1ccc(-c2ccc3c(c2)nc(SCc2cccc(C#N)n2)n3-c2nnnn2C)nc1CSc1nc2ccc(-c3cc(C#N)cc(CSc4nc5ccccc5n4-c4nnnn4C)n3)cc2n1-c1nnnn1C. The lowest BCUT2D eigenvalue weighted by Crippen LogP contribution is -2.06. The normalized spacial score (nSPS) is 11.5. The Morgan fingerprint density at radius 2 is 1.09 bits per heavy atom. The van der Waals surface area contributed by atoms with Gasteiger partial charge in [-0.25, -0.2) is 39.0 Å². The summed E-state index contributed by atoms with van der Waals surface area (Å²) in [5.74, 6) is 3.29. The molecule has 0 spiro atoms. The molecule has 0 unspecified atom stereocenters. The summed E-state index contributed by atoms with van der Waals surface area (Å²) >= 11 is 4.38. The number of aromatic nitrogens is 21. The van der Waals surface area contributed by atoms with Gasteiger partial charge in [-0.05, 0) is 104 Å². The number of pyridine rings is 3. The van der Waals surface area contributed by atoms with Crippen molar-refractivity contribution in [2.45, 2.75) is 32.7 Å². The molecule has 3 aromatic carbocycles. The van der Waals surface area contributed by atoms with Gasteiger partial charge in [0.15, 0.2) is 15.5 Å². The van der Waals surface area contributed by atoms with Crippen LogP contribution >= 0.6 is 35.3 Å². The summed E-state index contributed by atoms with van der Waals surface area (Å²) in [5, 5.41) is 58.5. The van der Waals surface area contributed by atoms with Crippen LogP contribution in [0.5, 0.6) is 5.75 Å². The summed E-state index contributed by atoms with van der Waals surface area (Å²) < 4.78 is 16.3. The molecule has 0 aliphatic carbocycles. The number of imidazole rings is 3. The molecule has 0 saturated carbocycles. The van der Waals surface area contributed by atoms with Gasteiger partial charge in [-0.15, -0.1) is 0 Å². The van der Waals surface area contributed by atoms with Crippen molar-refractivity contribution in [2.75, 3.05) is 7.11 Å². The molecule has 0 fully saturated rings. The topological polar surface area (TPSA) is 280 Å². The fourth-order valence-corrected chi connectivity index (χ4v) is 11.1. The largest absolute Gasteiger partial charge is 0.495 e. The molecule has 75 heavy (non-hydrogen) atoms. The third-order valence-corrected chi connectivity index (χ3v) is 14.8. The molecular formula is C48H35N23OS3. The van der Waals surface area contributed by atoms with E-state index in [4.69, 9.17) is 29.7 Å². The average molecular weight is 1050 g/mol. The van der Waals surface area contributed by atoms with Crippen molar-refractivity contribution in [3.63, 3.8) is 0 Å². The number of hydrogen-bond donors (Lipinski definition) is 0. The maximum Gasteiger partial charge on any atom is 0.256 e. The molecule has 27 heteroatoms. The van der Waals surface area contributed by atoms with Crippen molar-refractivity contribution in [3.05, 3.63) is 131 Å². The highest BCUT2D eigenvalue weighted by Gasteiger charge is 2.23. The first-order valence-electron chi connectivity index (χ1n) is 22.6. The molecule has 9 heterocycles. The molecule has 0 aliphatic heterocycles. The van der Waals surface area contributed by atoms with Crippen molar-refractivity contribution in [1.82, 2.24) is 104 Å². The summed E-state index contributed by atoms with van der Waals surface area (Å²) in [7, 11) is 6.93. The molecular weight excluding hydrogens is 1010 g/mol. The van der Waals surface area contributed by atoms with Crippen LogP contribution in [0.2, 0.25) is 0 Å². The van der Waals surface area contributed by atoms with Gasteiger partial charge < -0.3 is 4.74 Å². The van der Waals surface area contributed by atoms with Crippen molar-refractivity contribution in [3.8, 4) is 58.2 Å². The second-order valence-corrected chi connectivity index (χ2v) is 19.4. The minimum Gasteiger partial charge on any atom is -0.495 e. The van der Waals surface area contributed by atoms with Gasteiger partial charge in [0.2, 0.25) is 0 Å². The van der Waals surface area contributed by atoms with E-state index in [0.29, 0.717) is 101 Å². The van der Waals surface area contributed by atoms with Crippen molar-refractivity contribution < 1.29 is 4.74 Å². The Morgan fingerprint density at radius 1 is 0.493 bits per heavy atom. The number of aryl methyl sites for hydroxylation is 3. The van der Waals surface area contributed by atoms with Crippen LogP contribution in [-0.4, -0.2) is 111 Å². The summed E-state index contributed by atoms with van der Waals surface area (Å²) in [6.45, 7) is 0. The zero-order valence-electron chi connectivity index (χ0n) is 39.9. The molecule has 0 atom stereocenters. The first kappa shape index (κ1) is 46.6. The third kappa shape index (κ3) is 8.79. The molecule has 24 nitrogen and oxygen atoms in total. The van der Waals surface area contributed by atoms with Crippen molar-refractivity contribution in [2.24, 2.45) is 21.1 Å². The standard InChI is InChI=1S/C48H35N23OS3/c1-66-43(57-60-63-66)69-39-11-6-5-10-34(39)54-46(69)74-25-32-18-27(22-49)19-36(52-32)29-12-14-35-41(21-29)71(45-59-62-65-68(45)3)47(55-35)75-26-38-42(72-4)17-15-33(53-38)28-13-16-40-37(20-28)56-48(70(40)44-58-61-64-67(44)2)73-24-31-9-7-8-30(23-50)51-31/h5-21H,24-26H2,1-4H3. The zero-order chi connectivity index (χ0) is 51.2. The number of rotatable bonds is 15. The fourth-order valence-electron chi connectivity index (χ4n) is 8.39. The zero-order valence-corrected chi connectivity index (χ0v) is 42.3. The van der Waals surface area contributed by atoms with E-state index in [1.807, 2.05) is 98.6 Å². The van der Waals surface area contributed by atoms with E-state index in [0.717, 1.165) is 38.9 Å². The van der Waals surface area contributed by atoms with Crippen LogP contribution in [0.4, 0.5) is 0 Å². The van der Waals surface area contributed by atoms with E-state index >= 15 is 0 Å². The highest BCUT2D eigenvalue weighted by molar-refractivity contribution is 7.98. The lowest BCUT2D eigenvalue weighted by molar-refractivity contribution is 0.409. The second-order valence-electron chi connectivity index (χ2n) is 16.6. The molecule has 0 bridgehead atoms. The van der Waals surface area contributed by atoms with Crippen LogP contribution < -0.4 is 4.74 Å². The number of fused-ring (bicyclic) bond motifs is 3. The number of methoxy groups -OCH3 is 1. The van der Waals surface area contributed by atoms with Gasteiger partial charge in [0.25, 0.3) is 17.8 Å². The monoisotopic (exact) mass is 1050 g/mol. The molecule has 12 rings (SSSR count). The van der Waals surface area contributed by atoms with Gasteiger partial charge in [0.1, 0.15) is 17.5 Å². The number of benzene rings is 3. The molecule has 0 amide bonds. The minimum atomic E-state index is 0.345. The molecule has 0 N–H and O–H groups in total. The van der Waals surface area contributed by atoms with Gasteiger partial charge in [-0.1, -0.05) is 80.9 Å². The molecule has 0 saturated heterocycles. The Hall–Kier alpha value is -9.44. The number of nitriles is 2. The van der Waals surface area contributed by atoms with E-state index in [1.54, 1.807) is 60.5 Å². The van der Waals surface area contributed by atoms with E-state index in [9.17, 15) is 10.5 Å². The van der Waals surface area contributed by atoms with Gasteiger partial charge in [-0.2, -0.15) is 10.5 Å². The van der Waals surface area contributed by atoms with Crippen LogP contribution in [0, 0.1) is 22.7 Å². The van der Waals surface area contributed by atoms with Crippen molar-refractivity contribution >= 4 is 68.4 Å². The lowest BCUT2D eigenvalue weighted by atomic mass is 10.1. The van der Waals surface area contributed by atoms with Crippen molar-refractivity contribution in [1.29, 1.82) is 10.5 Å². The molecule has 12 aromatic rings. The number of ether oxygens (including phenoxy) is 1. The Labute approximate surface area is 436 Å². The van der Waals surface area contributed by atoms with Crippen LogP contribution in [0.15, 0.2) is 119 Å². The lowest BCUT2D eigenvalue weighted by Gasteiger charge is -2.11. The van der Waals surface area contributed by atoms with Crippen LogP contribution in [0.3, 0.4) is 0 Å². The van der Waals surface area contributed by atoms with Gasteiger partial charge in [0, 0.05) is 49.5 Å². The third-order valence-electron chi connectivity index (χ3n) is 11.9. The van der Waals surface area contributed by atoms with E-state index < -0.39 is 0 Å². The van der Waals surface area contributed by atoms with E-state index in [2.05, 4.69) is 63.7 Å². The number of thioether (sulfide) groups is 3. The Morgan fingerprint density at radius 3 is 1.75 bits per heavy atom. The Balaban J connectivity index is 0.847. The Bertz CT molecular complexity index is 4250. The number of nitrogens with zero attached hydrogens (tertiary/aromatic N) is 23. The van der Waals surface area contributed by atoms with Gasteiger partial charge in [-0.3, -0.25) is 18.7 Å². The van der Waals surface area contributed by atoms with Crippen LogP contribution in [-0.2, 0) is 38.4 Å². The summed E-state index contributed by atoms with van der Waals surface area (Å²) in [6, 6.07) is 36.7. The quantitative estimate of drug-likeness (QED) is 0.100. The fraction of sp³-hybridized carbons (Fsp3) is 0.146. The molecule has 366 valence electrons. The molecule has 0 aliphatic rings. The highest BCUT2D eigenvalue weighted by atomic mass is 32.2. The summed E-state index contributed by atoms with van der Waals surface area (Å²) in [6.07, 6.45) is 0. The predicted molar refractivity (Wildman–Crippen MR) is 276 cm³/mol. The average Bonchev–Trinajstić information content (AvgIpc) is 4.34. The maximum absolute atomic E-state index is 10.2. The Kier molecular flexibility index (Phi) is 12.1. The van der Waals surface area contributed by atoms with E-state index in [1.165, 1.54) is 35.3 Å². The summed E-state index contributed by atoms with van der Waals surface area (Å²) in [4.78, 5) is 29.7. The number of hydrogen-bond acceptors (Lipinski definition) is 21. The number of tetrazole rings is 3. The highest BCUT2D eigenvalue weighted by Crippen LogP contribution is 2.37. The summed E-state index contributed by atoms with van der Waals surface area (Å²) in [5.41, 5.74) is 10.4. The molecule has 0 radical (unpaired) electrons. The van der Waals surface area contributed by atoms with Gasteiger partial charge >= 0.3 is 0 Å². The smallest absolute Gasteiger partial charge is 0.256 e. The number of para-hydroxylation sites is 2. The van der Waals surface area contributed by atoms with Crippen LogP contribution in [0.1, 0.15) is 28.3 Å².